The van der Waals surface area contributed by atoms with Crippen LogP contribution in [-0.2, 0) is 28.7 Å². The number of carboxylic acids is 2. The molecule has 0 aromatic carbocycles. The minimum atomic E-state index is -1.27. The number of esters is 2. The minimum absolute atomic E-state index is 0.0568. The summed E-state index contributed by atoms with van der Waals surface area (Å²) >= 11 is 0. The van der Waals surface area contributed by atoms with Crippen molar-refractivity contribution in [2.45, 2.75) is 6.42 Å². The molecular formula is C11H12O8. The lowest BCUT2D eigenvalue weighted by Gasteiger charge is -2.02. The van der Waals surface area contributed by atoms with Crippen LogP contribution in [0.1, 0.15) is 6.42 Å². The normalized spacial score (nSPS) is 10.5. The van der Waals surface area contributed by atoms with Crippen LogP contribution in [0.5, 0.6) is 0 Å². The van der Waals surface area contributed by atoms with Crippen molar-refractivity contribution in [3.63, 3.8) is 0 Å². The number of aliphatic carboxylic acids is 2. The van der Waals surface area contributed by atoms with Crippen molar-refractivity contribution < 1.29 is 38.9 Å². The molecule has 0 aliphatic rings. The van der Waals surface area contributed by atoms with E-state index < -0.39 is 23.9 Å². The molecule has 0 heterocycles. The first-order chi connectivity index (χ1) is 8.91. The third kappa shape index (κ3) is 11.6. The fourth-order valence-corrected chi connectivity index (χ4v) is 0.779. The quantitative estimate of drug-likeness (QED) is 0.351. The van der Waals surface area contributed by atoms with Crippen molar-refractivity contribution in [2.75, 3.05) is 13.2 Å². The SMILES string of the molecule is O=C(O)/C=C/C(=O)OCCCOC(=O)/C=C/C(=O)O. The third-order valence-corrected chi connectivity index (χ3v) is 1.50. The van der Waals surface area contributed by atoms with Crippen LogP contribution in [-0.4, -0.2) is 47.3 Å². The predicted molar refractivity (Wildman–Crippen MR) is 60.1 cm³/mol. The lowest BCUT2D eigenvalue weighted by molar-refractivity contribution is -0.141. The zero-order valence-electron chi connectivity index (χ0n) is 9.77. The maximum Gasteiger partial charge on any atom is 0.331 e. The summed E-state index contributed by atoms with van der Waals surface area (Å²) in [6.07, 6.45) is 2.99. The predicted octanol–water partition coefficient (Wildman–Crippen LogP) is -0.256. The van der Waals surface area contributed by atoms with Gasteiger partial charge in [0.2, 0.25) is 0 Å². The van der Waals surface area contributed by atoms with Gasteiger partial charge in [-0.2, -0.15) is 0 Å². The third-order valence-electron chi connectivity index (χ3n) is 1.50. The number of carbonyl (C=O) groups excluding carboxylic acids is 2. The Labute approximate surface area is 107 Å². The lowest BCUT2D eigenvalue weighted by atomic mass is 10.4. The summed E-state index contributed by atoms with van der Waals surface area (Å²) in [6, 6.07) is 0. The molecule has 0 fully saturated rings. The molecule has 19 heavy (non-hydrogen) atoms. The Morgan fingerprint density at radius 2 is 1.11 bits per heavy atom. The van der Waals surface area contributed by atoms with E-state index in [2.05, 4.69) is 9.47 Å². The van der Waals surface area contributed by atoms with E-state index in [0.717, 1.165) is 12.2 Å². The van der Waals surface area contributed by atoms with Crippen LogP contribution in [0.4, 0.5) is 0 Å². The number of hydrogen-bond acceptors (Lipinski definition) is 6. The molecule has 104 valence electrons. The Morgan fingerprint density at radius 3 is 1.42 bits per heavy atom. The zero-order valence-corrected chi connectivity index (χ0v) is 9.77. The summed E-state index contributed by atoms with van der Waals surface area (Å²) in [5, 5.41) is 16.4. The molecule has 0 radical (unpaired) electrons. The van der Waals surface area contributed by atoms with Gasteiger partial charge >= 0.3 is 23.9 Å². The van der Waals surface area contributed by atoms with Gasteiger partial charge in [-0.15, -0.1) is 0 Å². The first-order valence-corrected chi connectivity index (χ1v) is 5.07. The molecule has 2 N–H and O–H groups in total. The first-order valence-electron chi connectivity index (χ1n) is 5.07. The monoisotopic (exact) mass is 272 g/mol. The Morgan fingerprint density at radius 1 is 0.737 bits per heavy atom. The van der Waals surface area contributed by atoms with E-state index in [1.165, 1.54) is 0 Å². The highest BCUT2D eigenvalue weighted by Crippen LogP contribution is 1.90. The molecular weight excluding hydrogens is 260 g/mol. The van der Waals surface area contributed by atoms with Gasteiger partial charge in [-0.25, -0.2) is 19.2 Å². The largest absolute Gasteiger partial charge is 0.478 e. The van der Waals surface area contributed by atoms with Crippen LogP contribution in [0.3, 0.4) is 0 Å². The zero-order chi connectivity index (χ0) is 14.7. The smallest absolute Gasteiger partial charge is 0.331 e. The van der Waals surface area contributed by atoms with Crippen molar-refractivity contribution >= 4 is 23.9 Å². The van der Waals surface area contributed by atoms with E-state index in [0.29, 0.717) is 12.2 Å². The van der Waals surface area contributed by atoms with E-state index in [1.807, 2.05) is 0 Å². The molecule has 0 spiro atoms. The summed E-state index contributed by atoms with van der Waals surface area (Å²) in [6.45, 7) is -0.114. The van der Waals surface area contributed by atoms with E-state index in [4.69, 9.17) is 10.2 Å². The topological polar surface area (TPSA) is 127 Å². The molecule has 0 aromatic heterocycles. The van der Waals surface area contributed by atoms with Crippen LogP contribution >= 0.6 is 0 Å². The fraction of sp³-hybridized carbons (Fsp3) is 0.273. The molecule has 8 nitrogen and oxygen atoms in total. The van der Waals surface area contributed by atoms with Crippen molar-refractivity contribution in [2.24, 2.45) is 0 Å². The maximum absolute atomic E-state index is 10.9. The number of carbonyl (C=O) groups is 4. The molecule has 0 saturated heterocycles. The van der Waals surface area contributed by atoms with E-state index >= 15 is 0 Å². The van der Waals surface area contributed by atoms with Crippen molar-refractivity contribution in [1.29, 1.82) is 0 Å². The van der Waals surface area contributed by atoms with Crippen LogP contribution in [0.25, 0.3) is 0 Å². The highest BCUT2D eigenvalue weighted by Gasteiger charge is 2.00. The second-order valence-electron chi connectivity index (χ2n) is 3.03. The van der Waals surface area contributed by atoms with Crippen molar-refractivity contribution in [3.05, 3.63) is 24.3 Å². The summed E-state index contributed by atoms with van der Waals surface area (Å²) in [5.74, 6) is -4.17. The van der Waals surface area contributed by atoms with Gasteiger partial charge < -0.3 is 19.7 Å². The molecule has 0 bridgehead atoms. The molecule has 0 saturated carbocycles. The van der Waals surface area contributed by atoms with Gasteiger partial charge in [-0.1, -0.05) is 0 Å². The second-order valence-corrected chi connectivity index (χ2v) is 3.03. The van der Waals surface area contributed by atoms with E-state index in [1.54, 1.807) is 0 Å². The molecule has 0 aromatic rings. The second kappa shape index (κ2) is 9.40. The van der Waals surface area contributed by atoms with E-state index in [-0.39, 0.29) is 19.6 Å². The van der Waals surface area contributed by atoms with Crippen LogP contribution < -0.4 is 0 Å². The van der Waals surface area contributed by atoms with Crippen LogP contribution in [0.15, 0.2) is 24.3 Å². The molecule has 8 heteroatoms. The summed E-state index contributed by atoms with van der Waals surface area (Å²) in [7, 11) is 0. The van der Waals surface area contributed by atoms with Gasteiger partial charge in [0, 0.05) is 30.7 Å². The Bertz CT molecular complexity index is 369. The number of rotatable bonds is 8. The average Bonchev–Trinajstić information content (AvgIpc) is 2.33. The molecule has 0 unspecified atom stereocenters. The first kappa shape index (κ1) is 16.4. The van der Waals surface area contributed by atoms with Gasteiger partial charge in [-0.05, 0) is 0 Å². The van der Waals surface area contributed by atoms with Gasteiger partial charge in [0.1, 0.15) is 0 Å². The molecule has 0 rings (SSSR count). The standard InChI is InChI=1S/C11H12O8/c12-8(13)2-4-10(16)18-6-1-7-19-11(17)5-3-9(14)15/h2-5H,1,6-7H2,(H,12,13)(H,14,15)/b4-2+,5-3+. The van der Waals surface area contributed by atoms with Crippen molar-refractivity contribution in [1.82, 2.24) is 0 Å². The molecule has 0 aliphatic heterocycles. The Hall–Kier alpha value is -2.64. The molecule has 0 amide bonds. The van der Waals surface area contributed by atoms with Gasteiger partial charge in [-0.3, -0.25) is 0 Å². The Kier molecular flexibility index (Phi) is 8.09. The summed E-state index contributed by atoms with van der Waals surface area (Å²) in [4.78, 5) is 41.9. The lowest BCUT2D eigenvalue weighted by Crippen LogP contribution is -2.08. The number of carboxylic acid groups (broad SMARTS) is 2. The molecule has 0 aliphatic carbocycles. The van der Waals surface area contributed by atoms with Gasteiger partial charge in [0.25, 0.3) is 0 Å². The maximum atomic E-state index is 10.9. The van der Waals surface area contributed by atoms with Crippen LogP contribution in [0.2, 0.25) is 0 Å². The average molecular weight is 272 g/mol. The van der Waals surface area contributed by atoms with Crippen molar-refractivity contribution in [3.8, 4) is 0 Å². The van der Waals surface area contributed by atoms with E-state index in [9.17, 15) is 19.2 Å². The van der Waals surface area contributed by atoms with Crippen LogP contribution in [0, 0.1) is 0 Å². The highest BCUT2D eigenvalue weighted by molar-refractivity contribution is 5.91. The minimum Gasteiger partial charge on any atom is -0.478 e. The fourth-order valence-electron chi connectivity index (χ4n) is 0.779. The number of hydrogen-bond donors (Lipinski definition) is 2. The summed E-state index contributed by atoms with van der Waals surface area (Å²) < 4.78 is 9.16. The number of ether oxygens (including phenoxy) is 2. The van der Waals surface area contributed by atoms with Gasteiger partial charge in [0.05, 0.1) is 13.2 Å². The highest BCUT2D eigenvalue weighted by atomic mass is 16.5. The van der Waals surface area contributed by atoms with Gasteiger partial charge in [0.15, 0.2) is 0 Å². The molecule has 0 atom stereocenters. The summed E-state index contributed by atoms with van der Waals surface area (Å²) in [5.41, 5.74) is 0. The Balaban J connectivity index is 3.65.